The molecule has 1 aliphatic rings. The lowest BCUT2D eigenvalue weighted by molar-refractivity contribution is -0.110. The number of sulfonamides is 1. The highest BCUT2D eigenvalue weighted by atomic mass is 32.2. The van der Waals surface area contributed by atoms with Gasteiger partial charge in [-0.25, -0.2) is 17.7 Å². The summed E-state index contributed by atoms with van der Waals surface area (Å²) in [6.07, 6.45) is 0.112. The monoisotopic (exact) mass is 456 g/mol. The Morgan fingerprint density at radius 1 is 1.13 bits per heavy atom. The summed E-state index contributed by atoms with van der Waals surface area (Å²) in [7, 11) is -0.514. The van der Waals surface area contributed by atoms with Gasteiger partial charge in [-0.05, 0) is 17.7 Å². The van der Waals surface area contributed by atoms with Gasteiger partial charge in [-0.1, -0.05) is 47.6 Å². The minimum atomic E-state index is -3.49. The van der Waals surface area contributed by atoms with E-state index in [4.69, 9.17) is 4.84 Å². The van der Waals surface area contributed by atoms with Crippen LogP contribution in [0.15, 0.2) is 70.0 Å². The number of aromatic nitrogens is 1. The second-order valence-corrected chi connectivity index (χ2v) is 10.1. The number of rotatable bonds is 6. The van der Waals surface area contributed by atoms with Gasteiger partial charge in [-0.15, -0.1) is 11.3 Å². The number of thiazole rings is 1. The van der Waals surface area contributed by atoms with Crippen LogP contribution < -0.4 is 5.32 Å². The fraction of sp³-hybridized carbons (Fsp3) is 0.190. The van der Waals surface area contributed by atoms with Crippen LogP contribution in [0.2, 0.25) is 0 Å². The average molecular weight is 457 g/mol. The maximum absolute atomic E-state index is 12.5. The first-order chi connectivity index (χ1) is 14.8. The molecule has 3 aromatic rings. The van der Waals surface area contributed by atoms with Crippen LogP contribution in [0, 0.1) is 0 Å². The second kappa shape index (κ2) is 8.58. The number of nitrogens with zero attached hydrogens (tertiary/aromatic N) is 3. The van der Waals surface area contributed by atoms with E-state index in [-0.39, 0.29) is 16.9 Å². The van der Waals surface area contributed by atoms with Crippen molar-refractivity contribution in [3.63, 3.8) is 0 Å². The predicted molar refractivity (Wildman–Crippen MR) is 119 cm³/mol. The second-order valence-electron chi connectivity index (χ2n) is 7.05. The van der Waals surface area contributed by atoms with E-state index < -0.39 is 10.0 Å². The first kappa shape index (κ1) is 21.2. The molecule has 0 spiro atoms. The zero-order chi connectivity index (χ0) is 22.0. The minimum Gasteiger partial charge on any atom is -0.387 e. The van der Waals surface area contributed by atoms with Crippen molar-refractivity contribution in [1.29, 1.82) is 0 Å². The van der Waals surface area contributed by atoms with E-state index in [0.29, 0.717) is 23.0 Å². The summed E-state index contributed by atoms with van der Waals surface area (Å²) in [5.74, 6) is -0.355. The Kier molecular flexibility index (Phi) is 5.86. The Hall–Kier alpha value is -3.08. The van der Waals surface area contributed by atoms with Crippen LogP contribution >= 0.6 is 11.3 Å². The number of carbonyl (C=O) groups is 1. The van der Waals surface area contributed by atoms with E-state index in [2.05, 4.69) is 15.5 Å². The van der Waals surface area contributed by atoms with Crippen molar-refractivity contribution in [2.24, 2.45) is 5.16 Å². The molecule has 0 saturated heterocycles. The summed E-state index contributed by atoms with van der Waals surface area (Å²) in [6, 6.07) is 16.1. The number of hydrogen-bond donors (Lipinski definition) is 1. The van der Waals surface area contributed by atoms with Crippen molar-refractivity contribution in [2.75, 3.05) is 19.4 Å². The molecule has 0 saturated carbocycles. The summed E-state index contributed by atoms with van der Waals surface area (Å²) in [6.45, 7) is 0. The van der Waals surface area contributed by atoms with Gasteiger partial charge in [-0.3, -0.25) is 10.1 Å². The fourth-order valence-corrected chi connectivity index (χ4v) is 4.62. The number of amides is 1. The number of oxime groups is 1. The zero-order valence-corrected chi connectivity index (χ0v) is 18.5. The first-order valence-corrected chi connectivity index (χ1v) is 11.7. The summed E-state index contributed by atoms with van der Waals surface area (Å²) in [5, 5.41) is 8.90. The number of benzene rings is 2. The van der Waals surface area contributed by atoms with Crippen LogP contribution in [-0.4, -0.2) is 43.4 Å². The normalized spacial score (nSPS) is 16.1. The molecule has 0 radical (unpaired) electrons. The minimum absolute atomic E-state index is 0.206. The van der Waals surface area contributed by atoms with Gasteiger partial charge in [0.1, 0.15) is 5.71 Å². The molecule has 1 unspecified atom stereocenters. The molecule has 0 aliphatic carbocycles. The zero-order valence-electron chi connectivity index (χ0n) is 16.8. The van der Waals surface area contributed by atoms with Gasteiger partial charge in [0, 0.05) is 31.5 Å². The largest absolute Gasteiger partial charge is 0.387 e. The molecule has 1 N–H and O–H groups in total. The standard InChI is InChI=1S/C21H20N4O4S2/c1-25(2)31(27,28)16-10-8-14(9-11-16)18-13-30-21(22-18)23-20(26)17-12-19(29-24-17)15-6-4-3-5-7-15/h3-11,13,19H,12H2,1-2H3,(H,22,23,26). The van der Waals surface area contributed by atoms with Crippen LogP contribution in [-0.2, 0) is 19.7 Å². The van der Waals surface area contributed by atoms with E-state index in [1.165, 1.54) is 37.6 Å². The molecule has 160 valence electrons. The molecule has 31 heavy (non-hydrogen) atoms. The van der Waals surface area contributed by atoms with Gasteiger partial charge < -0.3 is 4.84 Å². The highest BCUT2D eigenvalue weighted by Gasteiger charge is 2.27. The van der Waals surface area contributed by atoms with E-state index in [9.17, 15) is 13.2 Å². The van der Waals surface area contributed by atoms with Gasteiger partial charge in [-0.2, -0.15) is 0 Å². The summed E-state index contributed by atoms with van der Waals surface area (Å²) >= 11 is 1.28. The molecular weight excluding hydrogens is 436 g/mol. The molecular formula is C21H20N4O4S2. The van der Waals surface area contributed by atoms with Crippen LogP contribution in [0.3, 0.4) is 0 Å². The number of nitrogens with one attached hydrogen (secondary N) is 1. The highest BCUT2D eigenvalue weighted by molar-refractivity contribution is 7.89. The molecule has 10 heteroatoms. The maximum Gasteiger partial charge on any atom is 0.275 e. The van der Waals surface area contributed by atoms with Crippen molar-refractivity contribution in [3.8, 4) is 11.3 Å². The Bertz CT molecular complexity index is 1220. The third-order valence-electron chi connectivity index (χ3n) is 4.76. The van der Waals surface area contributed by atoms with Gasteiger partial charge in [0.15, 0.2) is 11.2 Å². The lowest BCUT2D eigenvalue weighted by atomic mass is 10.0. The van der Waals surface area contributed by atoms with Crippen molar-refractivity contribution in [2.45, 2.75) is 17.4 Å². The Labute approximate surface area is 184 Å². The smallest absolute Gasteiger partial charge is 0.275 e. The van der Waals surface area contributed by atoms with Gasteiger partial charge in [0.25, 0.3) is 5.91 Å². The molecule has 0 fully saturated rings. The van der Waals surface area contributed by atoms with Crippen LogP contribution in [0.4, 0.5) is 5.13 Å². The third-order valence-corrected chi connectivity index (χ3v) is 7.34. The SMILES string of the molecule is CN(C)S(=O)(=O)c1ccc(-c2csc(NC(=O)C3=NOC(c4ccccc4)C3)n2)cc1. The van der Waals surface area contributed by atoms with Crippen molar-refractivity contribution < 1.29 is 18.0 Å². The van der Waals surface area contributed by atoms with Crippen molar-refractivity contribution in [1.82, 2.24) is 9.29 Å². The molecule has 4 rings (SSSR count). The Morgan fingerprint density at radius 3 is 2.52 bits per heavy atom. The maximum atomic E-state index is 12.5. The quantitative estimate of drug-likeness (QED) is 0.612. The van der Waals surface area contributed by atoms with Crippen molar-refractivity contribution in [3.05, 3.63) is 65.5 Å². The van der Waals surface area contributed by atoms with Gasteiger partial charge in [0.05, 0.1) is 10.6 Å². The van der Waals surface area contributed by atoms with E-state index in [1.807, 2.05) is 30.3 Å². The lowest BCUT2D eigenvalue weighted by Gasteiger charge is -2.11. The average Bonchev–Trinajstić information content (AvgIpc) is 3.44. The van der Waals surface area contributed by atoms with Crippen LogP contribution in [0.1, 0.15) is 18.1 Å². The molecule has 1 atom stereocenters. The summed E-state index contributed by atoms with van der Waals surface area (Å²) < 4.78 is 25.5. The van der Waals surface area contributed by atoms with E-state index in [1.54, 1.807) is 17.5 Å². The summed E-state index contributed by atoms with van der Waals surface area (Å²) in [5.41, 5.74) is 2.66. The highest BCUT2D eigenvalue weighted by Crippen LogP contribution is 2.29. The fourth-order valence-electron chi connectivity index (χ4n) is 3.00. The predicted octanol–water partition coefficient (Wildman–Crippen LogP) is 3.52. The van der Waals surface area contributed by atoms with Crippen molar-refractivity contribution >= 4 is 38.1 Å². The lowest BCUT2D eigenvalue weighted by Crippen LogP contribution is -2.22. The first-order valence-electron chi connectivity index (χ1n) is 9.42. The summed E-state index contributed by atoms with van der Waals surface area (Å²) in [4.78, 5) is 22.6. The van der Waals surface area contributed by atoms with E-state index in [0.717, 1.165) is 15.4 Å². The molecule has 0 bridgehead atoms. The van der Waals surface area contributed by atoms with E-state index >= 15 is 0 Å². The molecule has 1 amide bonds. The molecule has 1 aliphatic heterocycles. The molecule has 2 heterocycles. The number of carbonyl (C=O) groups excluding carboxylic acids is 1. The molecule has 1 aromatic heterocycles. The molecule has 2 aromatic carbocycles. The third kappa shape index (κ3) is 4.50. The number of hydrogen-bond acceptors (Lipinski definition) is 7. The van der Waals surface area contributed by atoms with Gasteiger partial charge in [0.2, 0.25) is 10.0 Å². The van der Waals surface area contributed by atoms with Crippen LogP contribution in [0.25, 0.3) is 11.3 Å². The van der Waals surface area contributed by atoms with Gasteiger partial charge >= 0.3 is 0 Å². The topological polar surface area (TPSA) is 101 Å². The van der Waals surface area contributed by atoms with Crippen LogP contribution in [0.5, 0.6) is 0 Å². The number of anilines is 1. The Balaban J connectivity index is 1.41. The molecule has 8 nitrogen and oxygen atoms in total. The Morgan fingerprint density at radius 2 is 1.84 bits per heavy atom.